The van der Waals surface area contributed by atoms with E-state index in [1.165, 1.54) is 33.3 Å². The Bertz CT molecular complexity index is 346. The minimum absolute atomic E-state index is 0.0207. The Balaban J connectivity index is 5.15. The van der Waals surface area contributed by atoms with Gasteiger partial charge in [0.15, 0.2) is 0 Å². The summed E-state index contributed by atoms with van der Waals surface area (Å²) in [6.07, 6.45) is 1.74. The summed E-state index contributed by atoms with van der Waals surface area (Å²) in [5, 5.41) is 0. The molecule has 0 rings (SSSR count). The van der Waals surface area contributed by atoms with Crippen LogP contribution in [0, 0.1) is 0 Å². The van der Waals surface area contributed by atoms with Crippen LogP contribution in [0.5, 0.6) is 0 Å². The van der Waals surface area contributed by atoms with E-state index in [1.54, 1.807) is 20.1 Å². The average molecular weight is 348 g/mol. The number of thioether (sulfide) groups is 1. The van der Waals surface area contributed by atoms with Crippen LogP contribution in [0.25, 0.3) is 0 Å². The van der Waals surface area contributed by atoms with Crippen molar-refractivity contribution >= 4 is 40.9 Å². The monoisotopic (exact) mass is 348 g/mol. The van der Waals surface area contributed by atoms with Crippen molar-refractivity contribution in [2.45, 2.75) is 39.4 Å². The molecule has 0 aromatic carbocycles. The molecule has 8 heteroatoms. The van der Waals surface area contributed by atoms with Crippen LogP contribution in [0.1, 0.15) is 34.6 Å². The Morgan fingerprint density at radius 3 is 2.00 bits per heavy atom. The molecule has 0 saturated carbocycles. The summed E-state index contributed by atoms with van der Waals surface area (Å²) >= 11 is 1.21. The molecule has 0 aromatic heterocycles. The first kappa shape index (κ1) is 19.9. The second kappa shape index (κ2) is 9.00. The van der Waals surface area contributed by atoms with Crippen LogP contribution in [-0.4, -0.2) is 24.2 Å². The lowest BCUT2D eigenvalue weighted by Gasteiger charge is -2.19. The highest BCUT2D eigenvalue weighted by Crippen LogP contribution is 2.61. The third-order valence-corrected chi connectivity index (χ3v) is 8.54. The van der Waals surface area contributed by atoms with E-state index in [2.05, 4.69) is 0 Å². The van der Waals surface area contributed by atoms with Crippen molar-refractivity contribution in [3.05, 3.63) is 9.81 Å². The van der Waals surface area contributed by atoms with Gasteiger partial charge in [-0.25, -0.2) is 0 Å². The molecule has 0 heterocycles. The molecule has 0 radical (unpaired) electrons. The Hall–Kier alpha value is 0.870. The molecular weight excluding hydrogens is 326 g/mol. The van der Waals surface area contributed by atoms with Gasteiger partial charge in [0.05, 0.1) is 17.5 Å². The van der Waals surface area contributed by atoms with Crippen molar-refractivity contribution in [3.63, 3.8) is 0 Å². The van der Waals surface area contributed by atoms with E-state index in [1.807, 2.05) is 20.8 Å². The highest BCUT2D eigenvalue weighted by molar-refractivity contribution is 8.80. The lowest BCUT2D eigenvalue weighted by molar-refractivity contribution is 0.220. The summed E-state index contributed by atoms with van der Waals surface area (Å²) < 4.78 is 37.0. The van der Waals surface area contributed by atoms with E-state index in [0.29, 0.717) is 4.24 Å². The standard InChI is InChI=1S/C11H22FO3PS3/c1-7-14-16(13,15-8-2)9(12)10(17-6)18-19-11(3,4)5/h7-8H2,1-6H3/b10-9-. The van der Waals surface area contributed by atoms with E-state index in [0.717, 1.165) is 0 Å². The van der Waals surface area contributed by atoms with Gasteiger partial charge in [0, 0.05) is 4.75 Å². The first-order valence-electron chi connectivity index (χ1n) is 5.89. The van der Waals surface area contributed by atoms with Crippen LogP contribution >= 0.6 is 40.9 Å². The van der Waals surface area contributed by atoms with Crippen molar-refractivity contribution < 1.29 is 18.0 Å². The Morgan fingerprint density at radius 2 is 1.68 bits per heavy atom. The van der Waals surface area contributed by atoms with Crippen molar-refractivity contribution in [2.24, 2.45) is 0 Å². The van der Waals surface area contributed by atoms with E-state index in [4.69, 9.17) is 9.05 Å². The number of rotatable bonds is 8. The summed E-state index contributed by atoms with van der Waals surface area (Å²) in [7, 11) is -1.03. The molecule has 0 bridgehead atoms. The predicted molar refractivity (Wildman–Crippen MR) is 87.4 cm³/mol. The maximum Gasteiger partial charge on any atom is 0.391 e. The highest BCUT2D eigenvalue weighted by Gasteiger charge is 2.34. The Morgan fingerprint density at radius 1 is 1.21 bits per heavy atom. The molecule has 19 heavy (non-hydrogen) atoms. The summed E-state index contributed by atoms with van der Waals surface area (Å²) in [4.78, 5) is 0. The lowest BCUT2D eigenvalue weighted by Crippen LogP contribution is -2.04. The van der Waals surface area contributed by atoms with Gasteiger partial charge in [-0.15, -0.1) is 11.8 Å². The molecule has 0 N–H and O–H groups in total. The van der Waals surface area contributed by atoms with E-state index in [9.17, 15) is 8.96 Å². The fourth-order valence-corrected chi connectivity index (χ4v) is 6.34. The second-order valence-electron chi connectivity index (χ2n) is 4.39. The van der Waals surface area contributed by atoms with Crippen LogP contribution < -0.4 is 0 Å². The summed E-state index contributed by atoms with van der Waals surface area (Å²) in [6.45, 7) is 9.71. The van der Waals surface area contributed by atoms with Crippen molar-refractivity contribution in [1.82, 2.24) is 0 Å². The molecule has 0 fully saturated rings. The van der Waals surface area contributed by atoms with E-state index >= 15 is 0 Å². The van der Waals surface area contributed by atoms with Crippen molar-refractivity contribution in [2.75, 3.05) is 19.5 Å². The minimum atomic E-state index is -3.81. The zero-order chi connectivity index (χ0) is 15.1. The van der Waals surface area contributed by atoms with Gasteiger partial charge in [0.2, 0.25) is 5.57 Å². The molecule has 3 nitrogen and oxygen atoms in total. The van der Waals surface area contributed by atoms with Crippen LogP contribution in [-0.2, 0) is 13.6 Å². The van der Waals surface area contributed by atoms with Crippen LogP contribution in [0.3, 0.4) is 0 Å². The highest BCUT2D eigenvalue weighted by atomic mass is 33.1. The normalized spacial score (nSPS) is 14.5. The number of hydrogen-bond acceptors (Lipinski definition) is 6. The maximum atomic E-state index is 14.4. The van der Waals surface area contributed by atoms with Gasteiger partial charge >= 0.3 is 7.60 Å². The molecule has 0 saturated heterocycles. The molecule has 0 spiro atoms. The minimum Gasteiger partial charge on any atom is -0.304 e. The molecular formula is C11H22FO3PS3. The molecule has 0 aliphatic rings. The first-order valence-corrected chi connectivity index (χ1v) is 10.8. The average Bonchev–Trinajstić information content (AvgIpc) is 2.28. The van der Waals surface area contributed by atoms with E-state index < -0.39 is 13.2 Å². The van der Waals surface area contributed by atoms with Crippen LogP contribution in [0.15, 0.2) is 9.81 Å². The van der Waals surface area contributed by atoms with Crippen molar-refractivity contribution in [1.29, 1.82) is 0 Å². The maximum absolute atomic E-state index is 14.4. The molecule has 0 amide bonds. The van der Waals surface area contributed by atoms with Crippen molar-refractivity contribution in [3.8, 4) is 0 Å². The van der Waals surface area contributed by atoms with Gasteiger partial charge in [-0.2, -0.15) is 4.39 Å². The molecule has 114 valence electrons. The largest absolute Gasteiger partial charge is 0.391 e. The number of halogens is 1. The predicted octanol–water partition coefficient (Wildman–Crippen LogP) is 5.89. The van der Waals surface area contributed by atoms with Gasteiger partial charge in [-0.05, 0) is 30.9 Å². The smallest absolute Gasteiger partial charge is 0.304 e. The second-order valence-corrected chi connectivity index (χ2v) is 10.3. The Labute approximate surface area is 127 Å². The lowest BCUT2D eigenvalue weighted by atomic mass is 10.3. The van der Waals surface area contributed by atoms with Gasteiger partial charge in [-0.1, -0.05) is 31.6 Å². The molecule has 0 aliphatic carbocycles. The third kappa shape index (κ3) is 7.44. The third-order valence-electron chi connectivity index (χ3n) is 1.56. The molecule has 0 aromatic rings. The quantitative estimate of drug-likeness (QED) is 0.402. The SMILES string of the molecule is CCOP(=O)(OCC)/C(F)=C(/SC)SSC(C)(C)C. The topological polar surface area (TPSA) is 35.5 Å². The summed E-state index contributed by atoms with van der Waals surface area (Å²) in [5.74, 6) is 0. The van der Waals surface area contributed by atoms with Crippen LogP contribution in [0.2, 0.25) is 0 Å². The van der Waals surface area contributed by atoms with Gasteiger partial charge in [0.1, 0.15) is 0 Å². The summed E-state index contributed by atoms with van der Waals surface area (Å²) in [5.41, 5.74) is -0.787. The van der Waals surface area contributed by atoms with Gasteiger partial charge < -0.3 is 9.05 Å². The van der Waals surface area contributed by atoms with Crippen LogP contribution in [0.4, 0.5) is 4.39 Å². The van der Waals surface area contributed by atoms with E-state index in [-0.39, 0.29) is 18.0 Å². The molecule has 0 atom stereocenters. The fraction of sp³-hybridized carbons (Fsp3) is 0.818. The van der Waals surface area contributed by atoms with Gasteiger partial charge in [0.25, 0.3) is 0 Å². The Kier molecular flexibility index (Phi) is 9.42. The number of hydrogen-bond donors (Lipinski definition) is 0. The van der Waals surface area contributed by atoms with Gasteiger partial charge in [-0.3, -0.25) is 4.57 Å². The molecule has 0 unspecified atom stereocenters. The summed E-state index contributed by atoms with van der Waals surface area (Å²) in [6, 6.07) is 0. The molecule has 0 aliphatic heterocycles. The zero-order valence-corrected chi connectivity index (χ0v) is 15.5. The fourth-order valence-electron chi connectivity index (χ4n) is 0.918. The first-order chi connectivity index (χ1) is 8.70. The zero-order valence-electron chi connectivity index (χ0n) is 12.2.